The third-order valence-corrected chi connectivity index (χ3v) is 5.05. The molecule has 8 nitrogen and oxygen atoms in total. The van der Waals surface area contributed by atoms with Gasteiger partial charge < -0.3 is 15.0 Å². The molecule has 1 N–H and O–H groups in total. The maximum absolute atomic E-state index is 5.44. The molecule has 0 amide bonds. The van der Waals surface area contributed by atoms with Crippen LogP contribution < -0.4 is 10.2 Å². The van der Waals surface area contributed by atoms with Gasteiger partial charge in [-0.3, -0.25) is 9.67 Å². The summed E-state index contributed by atoms with van der Waals surface area (Å²) in [4.78, 5) is 15.7. The Morgan fingerprint density at radius 1 is 1.03 bits per heavy atom. The van der Waals surface area contributed by atoms with Gasteiger partial charge in [0.05, 0.1) is 42.5 Å². The molecule has 0 spiro atoms. The number of rotatable bonds is 4. The van der Waals surface area contributed by atoms with Crippen molar-refractivity contribution in [3.05, 3.63) is 55.1 Å². The Morgan fingerprint density at radius 2 is 1.93 bits per heavy atom. The van der Waals surface area contributed by atoms with E-state index in [4.69, 9.17) is 4.74 Å². The van der Waals surface area contributed by atoms with E-state index in [2.05, 4.69) is 36.3 Å². The van der Waals surface area contributed by atoms with Crippen LogP contribution in [0.15, 0.2) is 55.1 Å². The molecule has 5 rings (SSSR count). The molecule has 4 aromatic rings. The molecule has 146 valence electrons. The van der Waals surface area contributed by atoms with Crippen LogP contribution in [0.4, 0.5) is 17.3 Å². The number of morpholine rings is 1. The second-order valence-electron chi connectivity index (χ2n) is 6.96. The lowest BCUT2D eigenvalue weighted by molar-refractivity contribution is 0.122. The summed E-state index contributed by atoms with van der Waals surface area (Å²) in [7, 11) is 1.93. The topological polar surface area (TPSA) is 81.0 Å². The maximum atomic E-state index is 5.44. The number of nitrogens with zero attached hydrogens (tertiary/aromatic N) is 6. The molecule has 1 aliphatic rings. The van der Waals surface area contributed by atoms with Crippen LogP contribution in [0.5, 0.6) is 0 Å². The predicted octanol–water partition coefficient (Wildman–Crippen LogP) is 3.01. The quantitative estimate of drug-likeness (QED) is 0.576. The first-order chi connectivity index (χ1) is 14.3. The Balaban J connectivity index is 1.40. The normalized spacial score (nSPS) is 14.3. The van der Waals surface area contributed by atoms with Crippen LogP contribution in [0.1, 0.15) is 0 Å². The fourth-order valence-corrected chi connectivity index (χ4v) is 3.51. The molecule has 1 aliphatic heterocycles. The van der Waals surface area contributed by atoms with Crippen molar-refractivity contribution in [1.29, 1.82) is 0 Å². The molecule has 0 saturated carbocycles. The Morgan fingerprint density at radius 3 is 2.83 bits per heavy atom. The molecule has 0 aliphatic carbocycles. The van der Waals surface area contributed by atoms with Gasteiger partial charge in [-0.25, -0.2) is 9.97 Å². The fourth-order valence-electron chi connectivity index (χ4n) is 3.51. The molecular weight excluding hydrogens is 366 g/mol. The molecular formula is C21H21N7O. The van der Waals surface area contributed by atoms with Crippen molar-refractivity contribution in [2.75, 3.05) is 36.5 Å². The van der Waals surface area contributed by atoms with Crippen LogP contribution in [0.25, 0.3) is 22.2 Å². The van der Waals surface area contributed by atoms with Gasteiger partial charge in [0.2, 0.25) is 5.95 Å². The van der Waals surface area contributed by atoms with E-state index >= 15 is 0 Å². The highest BCUT2D eigenvalue weighted by Gasteiger charge is 2.13. The second kappa shape index (κ2) is 7.48. The molecule has 3 aromatic heterocycles. The van der Waals surface area contributed by atoms with Crippen molar-refractivity contribution in [3.63, 3.8) is 0 Å². The largest absolute Gasteiger partial charge is 0.378 e. The number of nitrogens with one attached hydrogen (secondary N) is 1. The number of pyridine rings is 1. The van der Waals surface area contributed by atoms with Crippen LogP contribution in [-0.4, -0.2) is 51.0 Å². The Kier molecular flexibility index (Phi) is 4.53. The highest BCUT2D eigenvalue weighted by Crippen LogP contribution is 2.25. The molecule has 1 fully saturated rings. The van der Waals surface area contributed by atoms with Gasteiger partial charge in [0.1, 0.15) is 0 Å². The third kappa shape index (κ3) is 3.62. The molecule has 0 unspecified atom stereocenters. The van der Waals surface area contributed by atoms with Crippen molar-refractivity contribution in [2.45, 2.75) is 0 Å². The number of ether oxygens (including phenoxy) is 1. The lowest BCUT2D eigenvalue weighted by atomic mass is 10.2. The van der Waals surface area contributed by atoms with E-state index in [0.29, 0.717) is 5.95 Å². The van der Waals surface area contributed by atoms with Crippen molar-refractivity contribution in [3.8, 4) is 11.3 Å². The number of fused-ring (bicyclic) bond motifs is 1. The summed E-state index contributed by atoms with van der Waals surface area (Å²) in [6, 6.07) is 10.1. The number of benzene rings is 1. The monoisotopic (exact) mass is 387 g/mol. The Bertz CT molecular complexity index is 1150. The summed E-state index contributed by atoms with van der Waals surface area (Å²) in [5.74, 6) is 0.544. The average Bonchev–Trinajstić information content (AvgIpc) is 3.15. The summed E-state index contributed by atoms with van der Waals surface area (Å²) in [5, 5.41) is 8.64. The molecule has 0 atom stereocenters. The SMILES string of the molecule is Cn1ncc2cc(Nc3nccc(-c4cncc(N5CCOCC5)c4)n3)ccc21. The summed E-state index contributed by atoms with van der Waals surface area (Å²) in [6.45, 7) is 3.23. The van der Waals surface area contributed by atoms with E-state index in [-0.39, 0.29) is 0 Å². The van der Waals surface area contributed by atoms with E-state index in [1.54, 1.807) is 6.20 Å². The number of aryl methyl sites for hydroxylation is 1. The number of aromatic nitrogens is 5. The maximum Gasteiger partial charge on any atom is 0.227 e. The molecule has 8 heteroatoms. The zero-order valence-corrected chi connectivity index (χ0v) is 16.1. The van der Waals surface area contributed by atoms with Crippen molar-refractivity contribution in [2.24, 2.45) is 7.05 Å². The fraction of sp³-hybridized carbons (Fsp3) is 0.238. The van der Waals surface area contributed by atoms with Crippen molar-refractivity contribution in [1.82, 2.24) is 24.7 Å². The standard InChI is InChI=1S/C21H21N7O/c1-27-20-3-2-17(10-16(20)13-24-27)25-21-23-5-4-19(26-21)15-11-18(14-22-12-15)28-6-8-29-9-7-28/h2-5,10-14H,6-9H2,1H3,(H,23,25,26). The molecule has 29 heavy (non-hydrogen) atoms. The first-order valence-corrected chi connectivity index (χ1v) is 9.56. The lowest BCUT2D eigenvalue weighted by Gasteiger charge is -2.28. The number of hydrogen-bond donors (Lipinski definition) is 1. The van der Waals surface area contributed by atoms with Gasteiger partial charge in [-0.05, 0) is 30.3 Å². The van der Waals surface area contributed by atoms with E-state index in [1.165, 1.54) is 0 Å². The van der Waals surface area contributed by atoms with Gasteiger partial charge in [-0.15, -0.1) is 0 Å². The first kappa shape index (κ1) is 17.6. The summed E-state index contributed by atoms with van der Waals surface area (Å²) in [6.07, 6.45) is 7.32. The van der Waals surface area contributed by atoms with Gasteiger partial charge in [0, 0.05) is 49.2 Å². The second-order valence-corrected chi connectivity index (χ2v) is 6.96. The van der Waals surface area contributed by atoms with E-state index in [1.807, 2.05) is 54.6 Å². The van der Waals surface area contributed by atoms with Gasteiger partial charge in [-0.1, -0.05) is 0 Å². The summed E-state index contributed by atoms with van der Waals surface area (Å²) >= 11 is 0. The molecule has 0 bridgehead atoms. The lowest BCUT2D eigenvalue weighted by Crippen LogP contribution is -2.36. The predicted molar refractivity (Wildman–Crippen MR) is 112 cm³/mol. The van der Waals surface area contributed by atoms with E-state index in [9.17, 15) is 0 Å². The highest BCUT2D eigenvalue weighted by molar-refractivity contribution is 5.83. The third-order valence-electron chi connectivity index (χ3n) is 5.05. The van der Waals surface area contributed by atoms with Crippen LogP contribution >= 0.6 is 0 Å². The smallest absolute Gasteiger partial charge is 0.227 e. The minimum Gasteiger partial charge on any atom is -0.378 e. The Hall–Kier alpha value is -3.52. The summed E-state index contributed by atoms with van der Waals surface area (Å²) in [5.41, 5.74) is 4.87. The zero-order chi connectivity index (χ0) is 19.6. The minimum absolute atomic E-state index is 0.544. The molecule has 1 aromatic carbocycles. The van der Waals surface area contributed by atoms with E-state index in [0.717, 1.165) is 59.8 Å². The molecule has 1 saturated heterocycles. The van der Waals surface area contributed by atoms with Gasteiger partial charge in [-0.2, -0.15) is 5.10 Å². The van der Waals surface area contributed by atoms with Crippen LogP contribution in [0, 0.1) is 0 Å². The van der Waals surface area contributed by atoms with Gasteiger partial charge in [0.25, 0.3) is 0 Å². The van der Waals surface area contributed by atoms with Gasteiger partial charge in [0.15, 0.2) is 0 Å². The highest BCUT2D eigenvalue weighted by atomic mass is 16.5. The number of hydrogen-bond acceptors (Lipinski definition) is 7. The van der Waals surface area contributed by atoms with Gasteiger partial charge >= 0.3 is 0 Å². The Labute approximate surface area is 168 Å². The van der Waals surface area contributed by atoms with E-state index < -0.39 is 0 Å². The summed E-state index contributed by atoms with van der Waals surface area (Å²) < 4.78 is 7.29. The van der Waals surface area contributed by atoms with Crippen molar-refractivity contribution >= 4 is 28.2 Å². The van der Waals surface area contributed by atoms with Crippen LogP contribution in [0.2, 0.25) is 0 Å². The zero-order valence-electron chi connectivity index (χ0n) is 16.1. The average molecular weight is 387 g/mol. The van der Waals surface area contributed by atoms with Crippen LogP contribution in [0.3, 0.4) is 0 Å². The minimum atomic E-state index is 0.544. The number of anilines is 3. The van der Waals surface area contributed by atoms with Crippen molar-refractivity contribution < 1.29 is 4.74 Å². The first-order valence-electron chi connectivity index (χ1n) is 9.56. The molecule has 4 heterocycles. The van der Waals surface area contributed by atoms with Crippen LogP contribution in [-0.2, 0) is 11.8 Å². The molecule has 0 radical (unpaired) electrons.